The van der Waals surface area contributed by atoms with E-state index >= 15 is 0 Å². The molecule has 2 unspecified atom stereocenters. The van der Waals surface area contributed by atoms with Crippen molar-refractivity contribution in [1.82, 2.24) is 18.7 Å². The first-order valence-electron chi connectivity index (χ1n) is 11.0. The van der Waals surface area contributed by atoms with E-state index in [2.05, 4.69) is 0 Å². The maximum absolute atomic E-state index is 13.9. The zero-order valence-electron chi connectivity index (χ0n) is 18.6. The zero-order chi connectivity index (χ0) is 22.7. The van der Waals surface area contributed by atoms with Crippen LogP contribution < -0.4 is 5.56 Å². The Morgan fingerprint density at radius 1 is 0.969 bits per heavy atom. The Labute approximate surface area is 188 Å². The number of aromatic nitrogens is 3. The van der Waals surface area contributed by atoms with E-state index in [1.165, 1.54) is 0 Å². The van der Waals surface area contributed by atoms with Crippen LogP contribution >= 0.6 is 0 Å². The summed E-state index contributed by atoms with van der Waals surface area (Å²) in [5.74, 6) is 0.145. The van der Waals surface area contributed by atoms with Gasteiger partial charge in [-0.05, 0) is 30.5 Å². The Bertz CT molecular complexity index is 1320. The van der Waals surface area contributed by atoms with E-state index in [4.69, 9.17) is 5.10 Å². The van der Waals surface area contributed by atoms with Gasteiger partial charge in [-0.1, -0.05) is 45.0 Å². The van der Waals surface area contributed by atoms with Crippen molar-refractivity contribution >= 4 is 10.0 Å². The van der Waals surface area contributed by atoms with E-state index in [9.17, 15) is 13.2 Å². The molecule has 1 saturated heterocycles. The minimum absolute atomic E-state index is 0.00679. The van der Waals surface area contributed by atoms with Crippen molar-refractivity contribution in [3.63, 3.8) is 0 Å². The second-order valence-electron chi connectivity index (χ2n) is 9.89. The molecule has 0 N–H and O–H groups in total. The molecule has 5 rings (SSSR count). The van der Waals surface area contributed by atoms with Gasteiger partial charge in [-0.15, -0.1) is 0 Å². The number of rotatable bonds is 3. The summed E-state index contributed by atoms with van der Waals surface area (Å²) in [6, 6.07) is 14.9. The van der Waals surface area contributed by atoms with Gasteiger partial charge in [-0.25, -0.2) is 13.1 Å². The Morgan fingerprint density at radius 2 is 1.72 bits per heavy atom. The number of para-hydroxylation sites is 1. The fraction of sp³-hybridized carbons (Fsp3) is 0.417. The highest BCUT2D eigenvalue weighted by molar-refractivity contribution is 7.89. The van der Waals surface area contributed by atoms with Crippen LogP contribution in [-0.2, 0) is 22.0 Å². The number of pyridine rings is 1. The van der Waals surface area contributed by atoms with Crippen LogP contribution in [-0.4, -0.2) is 40.2 Å². The lowest BCUT2D eigenvalue weighted by Gasteiger charge is -2.42. The minimum atomic E-state index is -3.76. The second-order valence-corrected chi connectivity index (χ2v) is 11.8. The number of sulfonamides is 1. The van der Waals surface area contributed by atoms with Crippen LogP contribution in [0, 0.1) is 5.92 Å². The van der Waals surface area contributed by atoms with Crippen LogP contribution in [0.3, 0.4) is 0 Å². The third kappa shape index (κ3) is 3.51. The SMILES string of the molecule is CC(C)(C)c1nn(-c2ccccc2)cc1S(=O)(=O)N1CC2CC(C1)c1cccc(=O)n1C2. The summed E-state index contributed by atoms with van der Waals surface area (Å²) in [5.41, 5.74) is 1.88. The van der Waals surface area contributed by atoms with E-state index in [-0.39, 0.29) is 22.3 Å². The molecule has 0 radical (unpaired) electrons. The largest absolute Gasteiger partial charge is 0.312 e. The van der Waals surface area contributed by atoms with E-state index in [1.54, 1.807) is 27.3 Å². The lowest BCUT2D eigenvalue weighted by molar-refractivity contribution is 0.186. The Kier molecular flexibility index (Phi) is 4.90. The molecule has 3 aromatic rings. The summed E-state index contributed by atoms with van der Waals surface area (Å²) in [7, 11) is -3.76. The highest BCUT2D eigenvalue weighted by Crippen LogP contribution is 2.38. The molecule has 32 heavy (non-hydrogen) atoms. The van der Waals surface area contributed by atoms with Crippen LogP contribution in [0.2, 0.25) is 0 Å². The number of hydrogen-bond acceptors (Lipinski definition) is 4. The first kappa shape index (κ1) is 21.2. The van der Waals surface area contributed by atoms with Crippen LogP contribution in [0.25, 0.3) is 5.69 Å². The molecular formula is C24H28N4O3S. The average molecular weight is 453 g/mol. The molecule has 1 fully saturated rings. The van der Waals surface area contributed by atoms with Crippen molar-refractivity contribution in [3.8, 4) is 5.69 Å². The number of piperidine rings is 1. The Hall–Kier alpha value is -2.71. The molecule has 0 saturated carbocycles. The first-order chi connectivity index (χ1) is 15.1. The molecule has 2 bridgehead atoms. The predicted molar refractivity (Wildman–Crippen MR) is 123 cm³/mol. The van der Waals surface area contributed by atoms with Crippen LogP contribution in [0.4, 0.5) is 0 Å². The van der Waals surface area contributed by atoms with Crippen LogP contribution in [0.1, 0.15) is 44.5 Å². The molecule has 2 atom stereocenters. The lowest BCUT2D eigenvalue weighted by atomic mass is 9.84. The maximum atomic E-state index is 13.9. The number of fused-ring (bicyclic) bond motifs is 4. The molecule has 0 spiro atoms. The van der Waals surface area contributed by atoms with Crippen molar-refractivity contribution in [2.45, 2.75) is 50.0 Å². The van der Waals surface area contributed by atoms with Crippen LogP contribution in [0.5, 0.6) is 0 Å². The van der Waals surface area contributed by atoms with Crippen molar-refractivity contribution in [3.05, 3.63) is 76.5 Å². The summed E-state index contributed by atoms with van der Waals surface area (Å²) in [4.78, 5) is 12.6. The topological polar surface area (TPSA) is 77.2 Å². The van der Waals surface area contributed by atoms with E-state index in [0.29, 0.717) is 25.3 Å². The first-order valence-corrected chi connectivity index (χ1v) is 12.4. The van der Waals surface area contributed by atoms with Crippen molar-refractivity contribution < 1.29 is 8.42 Å². The van der Waals surface area contributed by atoms with Gasteiger partial charge in [0.25, 0.3) is 5.56 Å². The molecule has 4 heterocycles. The van der Waals surface area contributed by atoms with Gasteiger partial charge in [0.1, 0.15) is 4.90 Å². The van der Waals surface area contributed by atoms with E-state index < -0.39 is 15.4 Å². The van der Waals surface area contributed by atoms with Gasteiger partial charge >= 0.3 is 0 Å². The minimum Gasteiger partial charge on any atom is -0.312 e. The molecule has 7 nitrogen and oxygen atoms in total. The highest BCUT2D eigenvalue weighted by Gasteiger charge is 2.41. The molecule has 2 aliphatic heterocycles. The standard InChI is InChI=1S/C24H28N4O3S/c1-24(2,3)23-21(16-28(25-23)19-8-5-4-6-9-19)32(30,31)26-13-17-12-18(15-26)20-10-7-11-22(29)27(20)14-17/h4-11,16-18H,12-15H2,1-3H3. The molecule has 168 valence electrons. The predicted octanol–water partition coefficient (Wildman–Crippen LogP) is 3.14. The van der Waals surface area contributed by atoms with Gasteiger partial charge in [0.2, 0.25) is 10.0 Å². The maximum Gasteiger partial charge on any atom is 0.250 e. The summed E-state index contributed by atoms with van der Waals surface area (Å²) >= 11 is 0. The number of benzene rings is 1. The normalized spacial score (nSPS) is 21.3. The zero-order valence-corrected chi connectivity index (χ0v) is 19.4. The second kappa shape index (κ2) is 7.42. The van der Waals surface area contributed by atoms with Gasteiger partial charge in [-0.3, -0.25) is 4.79 Å². The molecular weight excluding hydrogens is 424 g/mol. The summed E-state index contributed by atoms with van der Waals surface area (Å²) in [6.45, 7) is 7.31. The molecule has 8 heteroatoms. The van der Waals surface area contributed by atoms with Gasteiger partial charge in [0, 0.05) is 42.7 Å². The van der Waals surface area contributed by atoms with Crippen molar-refractivity contribution in [2.75, 3.05) is 13.1 Å². The summed E-state index contributed by atoms with van der Waals surface area (Å²) < 4.78 is 32.9. The monoisotopic (exact) mass is 452 g/mol. The molecule has 1 aromatic carbocycles. The van der Waals surface area contributed by atoms with Crippen molar-refractivity contribution in [1.29, 1.82) is 0 Å². The average Bonchev–Trinajstić information content (AvgIpc) is 3.22. The Balaban J connectivity index is 1.56. The molecule has 0 amide bonds. The summed E-state index contributed by atoms with van der Waals surface area (Å²) in [5, 5.41) is 4.70. The third-order valence-corrected chi connectivity index (χ3v) is 8.31. The molecule has 2 aliphatic rings. The Morgan fingerprint density at radius 3 is 2.44 bits per heavy atom. The van der Waals surface area contributed by atoms with Gasteiger partial charge in [0.05, 0.1) is 17.6 Å². The third-order valence-electron chi connectivity index (χ3n) is 6.48. The number of hydrogen-bond donors (Lipinski definition) is 0. The number of nitrogens with zero attached hydrogens (tertiary/aromatic N) is 4. The van der Waals surface area contributed by atoms with E-state index in [1.807, 2.05) is 61.7 Å². The fourth-order valence-electron chi connectivity index (χ4n) is 4.97. The summed E-state index contributed by atoms with van der Waals surface area (Å²) in [6.07, 6.45) is 2.55. The van der Waals surface area contributed by atoms with Gasteiger partial charge < -0.3 is 4.57 Å². The quantitative estimate of drug-likeness (QED) is 0.612. The highest BCUT2D eigenvalue weighted by atomic mass is 32.2. The molecule has 2 aromatic heterocycles. The fourth-order valence-corrected chi connectivity index (χ4v) is 6.85. The smallest absolute Gasteiger partial charge is 0.250 e. The van der Waals surface area contributed by atoms with Crippen molar-refractivity contribution in [2.24, 2.45) is 5.92 Å². The van der Waals surface area contributed by atoms with Gasteiger partial charge in [0.15, 0.2) is 0 Å². The molecule has 0 aliphatic carbocycles. The van der Waals surface area contributed by atoms with E-state index in [0.717, 1.165) is 17.8 Å². The lowest BCUT2D eigenvalue weighted by Crippen LogP contribution is -2.49. The van der Waals surface area contributed by atoms with Crippen LogP contribution in [0.15, 0.2) is 64.4 Å². The van der Waals surface area contributed by atoms with Gasteiger partial charge in [-0.2, -0.15) is 9.40 Å².